The van der Waals surface area contributed by atoms with Crippen molar-refractivity contribution in [3.63, 3.8) is 0 Å². The molecule has 0 amide bonds. The minimum atomic E-state index is 0.794. The zero-order valence-corrected chi connectivity index (χ0v) is 10.5. The van der Waals surface area contributed by atoms with Crippen LogP contribution in [0.4, 0.5) is 0 Å². The lowest BCUT2D eigenvalue weighted by Gasteiger charge is -2.07. The molecular formula is C15H19N3. The molecule has 3 nitrogen and oxygen atoms in total. The van der Waals surface area contributed by atoms with E-state index in [1.54, 1.807) is 0 Å². The Kier molecular flexibility index (Phi) is 3.53. The number of aromatic nitrogens is 1. The number of fused-ring (bicyclic) bond motifs is 1. The second-order valence-corrected chi connectivity index (χ2v) is 4.88. The summed E-state index contributed by atoms with van der Waals surface area (Å²) in [6, 6.07) is 11.3. The van der Waals surface area contributed by atoms with Gasteiger partial charge in [0, 0.05) is 37.3 Å². The molecule has 0 atom stereocenters. The van der Waals surface area contributed by atoms with Crippen LogP contribution in [0.25, 0.3) is 10.8 Å². The molecule has 1 saturated carbocycles. The fraction of sp³-hybridized carbons (Fsp3) is 0.400. The van der Waals surface area contributed by atoms with Crippen LogP contribution in [-0.2, 0) is 6.54 Å². The second-order valence-electron chi connectivity index (χ2n) is 4.88. The van der Waals surface area contributed by atoms with Gasteiger partial charge in [0.25, 0.3) is 0 Å². The van der Waals surface area contributed by atoms with Gasteiger partial charge >= 0.3 is 0 Å². The molecule has 1 fully saturated rings. The van der Waals surface area contributed by atoms with Crippen molar-refractivity contribution in [1.82, 2.24) is 15.6 Å². The van der Waals surface area contributed by atoms with E-state index in [-0.39, 0.29) is 0 Å². The van der Waals surface area contributed by atoms with Crippen molar-refractivity contribution in [2.45, 2.75) is 25.4 Å². The van der Waals surface area contributed by atoms with E-state index in [1.807, 2.05) is 6.20 Å². The molecule has 1 aromatic carbocycles. The van der Waals surface area contributed by atoms with Crippen molar-refractivity contribution in [2.75, 3.05) is 13.1 Å². The molecule has 1 aliphatic rings. The highest BCUT2D eigenvalue weighted by atomic mass is 15.0. The quantitative estimate of drug-likeness (QED) is 0.760. The Morgan fingerprint density at radius 1 is 1.11 bits per heavy atom. The molecule has 18 heavy (non-hydrogen) atoms. The van der Waals surface area contributed by atoms with Gasteiger partial charge in [-0.2, -0.15) is 0 Å². The summed E-state index contributed by atoms with van der Waals surface area (Å²) < 4.78 is 0. The summed E-state index contributed by atoms with van der Waals surface area (Å²) in [5.41, 5.74) is 1.14. The van der Waals surface area contributed by atoms with Gasteiger partial charge in [0.05, 0.1) is 5.69 Å². The molecule has 0 radical (unpaired) electrons. The minimum Gasteiger partial charge on any atom is -0.313 e. The molecule has 0 saturated heterocycles. The number of hydrogen-bond donors (Lipinski definition) is 2. The molecule has 1 heterocycles. The number of nitrogens with one attached hydrogen (secondary N) is 2. The Morgan fingerprint density at radius 2 is 2.00 bits per heavy atom. The van der Waals surface area contributed by atoms with Crippen molar-refractivity contribution >= 4 is 10.8 Å². The molecule has 1 aromatic heterocycles. The first-order valence-corrected chi connectivity index (χ1v) is 6.70. The Labute approximate surface area is 108 Å². The summed E-state index contributed by atoms with van der Waals surface area (Å²) in [6.45, 7) is 2.89. The van der Waals surface area contributed by atoms with Crippen LogP contribution in [0.3, 0.4) is 0 Å². The smallest absolute Gasteiger partial charge is 0.0619 e. The van der Waals surface area contributed by atoms with Crippen LogP contribution < -0.4 is 10.6 Å². The summed E-state index contributed by atoms with van der Waals surface area (Å²) in [7, 11) is 0. The summed E-state index contributed by atoms with van der Waals surface area (Å²) in [5, 5.41) is 9.47. The molecule has 0 bridgehead atoms. The first kappa shape index (κ1) is 11.6. The van der Waals surface area contributed by atoms with E-state index in [9.17, 15) is 0 Å². The molecular weight excluding hydrogens is 222 g/mol. The van der Waals surface area contributed by atoms with E-state index in [2.05, 4.69) is 45.9 Å². The number of nitrogens with zero attached hydrogens (tertiary/aromatic N) is 1. The fourth-order valence-electron chi connectivity index (χ4n) is 2.18. The SMILES string of the molecule is c1ccc2c(CNCCNC3CC3)nccc2c1. The summed E-state index contributed by atoms with van der Waals surface area (Å²) in [6.07, 6.45) is 4.59. The maximum absolute atomic E-state index is 4.47. The predicted molar refractivity (Wildman–Crippen MR) is 74.5 cm³/mol. The van der Waals surface area contributed by atoms with Crippen molar-refractivity contribution in [3.8, 4) is 0 Å². The van der Waals surface area contributed by atoms with Crippen LogP contribution in [0.5, 0.6) is 0 Å². The highest BCUT2D eigenvalue weighted by Gasteiger charge is 2.19. The normalized spacial score (nSPS) is 15.1. The third kappa shape index (κ3) is 2.86. The van der Waals surface area contributed by atoms with Crippen molar-refractivity contribution in [3.05, 3.63) is 42.2 Å². The largest absolute Gasteiger partial charge is 0.313 e. The number of rotatable bonds is 6. The standard InChI is InChI=1S/C15H19N3/c1-2-4-14-12(3-1)7-8-18-15(14)11-16-9-10-17-13-5-6-13/h1-4,7-8,13,16-17H,5-6,9-11H2. The number of hydrogen-bond acceptors (Lipinski definition) is 3. The third-order valence-electron chi connectivity index (χ3n) is 3.36. The molecule has 3 rings (SSSR count). The summed E-state index contributed by atoms with van der Waals surface area (Å²) >= 11 is 0. The lowest BCUT2D eigenvalue weighted by molar-refractivity contribution is 0.605. The van der Waals surface area contributed by atoms with Gasteiger partial charge in [-0.05, 0) is 24.3 Å². The fourth-order valence-corrected chi connectivity index (χ4v) is 2.18. The first-order chi connectivity index (χ1) is 8.93. The molecule has 0 aliphatic heterocycles. The van der Waals surface area contributed by atoms with Gasteiger partial charge in [-0.15, -0.1) is 0 Å². The lowest BCUT2D eigenvalue weighted by Crippen LogP contribution is -2.28. The molecule has 94 valence electrons. The van der Waals surface area contributed by atoms with E-state index in [4.69, 9.17) is 0 Å². The van der Waals surface area contributed by atoms with Gasteiger partial charge in [0.1, 0.15) is 0 Å². The molecule has 0 spiro atoms. The Balaban J connectivity index is 1.56. The van der Waals surface area contributed by atoms with Crippen LogP contribution in [-0.4, -0.2) is 24.1 Å². The number of benzene rings is 1. The minimum absolute atomic E-state index is 0.794. The zero-order valence-electron chi connectivity index (χ0n) is 10.5. The van der Waals surface area contributed by atoms with Crippen molar-refractivity contribution in [1.29, 1.82) is 0 Å². The highest BCUT2D eigenvalue weighted by Crippen LogP contribution is 2.18. The third-order valence-corrected chi connectivity index (χ3v) is 3.36. The van der Waals surface area contributed by atoms with Crippen LogP contribution in [0.15, 0.2) is 36.5 Å². The van der Waals surface area contributed by atoms with Crippen molar-refractivity contribution in [2.24, 2.45) is 0 Å². The second kappa shape index (κ2) is 5.46. The zero-order chi connectivity index (χ0) is 12.2. The number of pyridine rings is 1. The Morgan fingerprint density at radius 3 is 2.89 bits per heavy atom. The van der Waals surface area contributed by atoms with Gasteiger partial charge in [-0.25, -0.2) is 0 Å². The van der Waals surface area contributed by atoms with Crippen molar-refractivity contribution < 1.29 is 0 Å². The van der Waals surface area contributed by atoms with E-state index < -0.39 is 0 Å². The summed E-state index contributed by atoms with van der Waals surface area (Å²) in [5.74, 6) is 0. The van der Waals surface area contributed by atoms with E-state index in [1.165, 1.54) is 23.6 Å². The van der Waals surface area contributed by atoms with Gasteiger partial charge in [0.15, 0.2) is 0 Å². The Hall–Kier alpha value is -1.45. The highest BCUT2D eigenvalue weighted by molar-refractivity contribution is 5.84. The van der Waals surface area contributed by atoms with Gasteiger partial charge < -0.3 is 10.6 Å². The first-order valence-electron chi connectivity index (χ1n) is 6.70. The van der Waals surface area contributed by atoms with E-state index in [0.29, 0.717) is 0 Å². The maximum atomic E-state index is 4.47. The van der Waals surface area contributed by atoms with E-state index in [0.717, 1.165) is 31.4 Å². The average Bonchev–Trinajstić information content (AvgIpc) is 3.23. The molecule has 2 N–H and O–H groups in total. The van der Waals surface area contributed by atoms with Crippen LogP contribution in [0.2, 0.25) is 0 Å². The average molecular weight is 241 g/mol. The Bertz CT molecular complexity index is 515. The lowest BCUT2D eigenvalue weighted by atomic mass is 10.1. The molecule has 1 aliphatic carbocycles. The topological polar surface area (TPSA) is 37.0 Å². The molecule has 2 aromatic rings. The van der Waals surface area contributed by atoms with Crippen LogP contribution >= 0.6 is 0 Å². The van der Waals surface area contributed by atoms with Crippen LogP contribution in [0.1, 0.15) is 18.5 Å². The van der Waals surface area contributed by atoms with Gasteiger partial charge in [-0.1, -0.05) is 24.3 Å². The molecule has 3 heteroatoms. The summed E-state index contributed by atoms with van der Waals surface area (Å²) in [4.78, 5) is 4.47. The van der Waals surface area contributed by atoms with E-state index >= 15 is 0 Å². The van der Waals surface area contributed by atoms with Crippen LogP contribution in [0, 0.1) is 0 Å². The maximum Gasteiger partial charge on any atom is 0.0619 e. The predicted octanol–water partition coefficient (Wildman–Crippen LogP) is 2.08. The van der Waals surface area contributed by atoms with Gasteiger partial charge in [-0.3, -0.25) is 4.98 Å². The monoisotopic (exact) mass is 241 g/mol. The molecule has 0 unspecified atom stereocenters. The van der Waals surface area contributed by atoms with Gasteiger partial charge in [0.2, 0.25) is 0 Å².